The Morgan fingerprint density at radius 3 is 1.64 bits per heavy atom. The first kappa shape index (κ1) is 18.9. The van der Waals surface area contributed by atoms with Gasteiger partial charge in [0.15, 0.2) is 23.0 Å². The molecule has 0 aliphatic heterocycles. The molecule has 0 spiro atoms. The van der Waals surface area contributed by atoms with Crippen LogP contribution in [0.25, 0.3) is 0 Å². The van der Waals surface area contributed by atoms with Crippen molar-refractivity contribution >= 4 is 0 Å². The SMILES string of the molecule is COc1cc(C(c2ccc(O)c(OC)c2)[C@@H](C)[C@H](C)CO)ccc1O. The number of aliphatic hydroxyl groups is 1. The van der Waals surface area contributed by atoms with Gasteiger partial charge in [-0.1, -0.05) is 26.0 Å². The average molecular weight is 346 g/mol. The zero-order valence-corrected chi connectivity index (χ0v) is 15.1. The Hall–Kier alpha value is -2.40. The second-order valence-corrected chi connectivity index (χ2v) is 6.36. The van der Waals surface area contributed by atoms with E-state index in [1.165, 1.54) is 14.2 Å². The van der Waals surface area contributed by atoms with Gasteiger partial charge >= 0.3 is 0 Å². The second kappa shape index (κ2) is 8.12. The standard InChI is InChI=1S/C20H26O5/c1-12(11-21)13(2)20(14-5-7-16(22)18(9-14)24-3)15-6-8-17(23)19(10-15)25-4/h5-10,12-13,20-23H,11H2,1-4H3/t12-,13+/m1/s1. The summed E-state index contributed by atoms with van der Waals surface area (Å²) < 4.78 is 10.5. The van der Waals surface area contributed by atoms with Gasteiger partial charge in [0.1, 0.15) is 0 Å². The van der Waals surface area contributed by atoms with Crippen LogP contribution in [-0.4, -0.2) is 36.1 Å². The molecule has 136 valence electrons. The molecule has 0 unspecified atom stereocenters. The van der Waals surface area contributed by atoms with Crippen molar-refractivity contribution in [3.05, 3.63) is 47.5 Å². The van der Waals surface area contributed by atoms with Crippen molar-refractivity contribution in [2.24, 2.45) is 11.8 Å². The van der Waals surface area contributed by atoms with Crippen molar-refractivity contribution in [3.8, 4) is 23.0 Å². The zero-order valence-electron chi connectivity index (χ0n) is 15.1. The molecule has 25 heavy (non-hydrogen) atoms. The van der Waals surface area contributed by atoms with Gasteiger partial charge in [0.2, 0.25) is 0 Å². The highest BCUT2D eigenvalue weighted by atomic mass is 16.5. The Morgan fingerprint density at radius 2 is 1.28 bits per heavy atom. The monoisotopic (exact) mass is 346 g/mol. The molecule has 0 aliphatic carbocycles. The number of methoxy groups -OCH3 is 2. The maximum absolute atomic E-state index is 9.88. The molecule has 0 bridgehead atoms. The molecule has 2 rings (SSSR count). The number of aromatic hydroxyl groups is 2. The normalized spacial score (nSPS) is 13.5. The third-order valence-electron chi connectivity index (χ3n) is 4.84. The molecule has 0 saturated carbocycles. The topological polar surface area (TPSA) is 79.2 Å². The third kappa shape index (κ3) is 3.99. The van der Waals surface area contributed by atoms with Crippen LogP contribution in [0.15, 0.2) is 36.4 Å². The smallest absolute Gasteiger partial charge is 0.160 e. The number of hydrogen-bond acceptors (Lipinski definition) is 5. The molecule has 5 nitrogen and oxygen atoms in total. The first-order valence-electron chi connectivity index (χ1n) is 8.27. The maximum Gasteiger partial charge on any atom is 0.160 e. The van der Waals surface area contributed by atoms with Gasteiger partial charge in [0.05, 0.1) is 14.2 Å². The van der Waals surface area contributed by atoms with Crippen molar-refractivity contribution in [2.75, 3.05) is 20.8 Å². The van der Waals surface area contributed by atoms with Gasteiger partial charge in [0, 0.05) is 12.5 Å². The van der Waals surface area contributed by atoms with Crippen molar-refractivity contribution in [2.45, 2.75) is 19.8 Å². The van der Waals surface area contributed by atoms with Crippen molar-refractivity contribution in [3.63, 3.8) is 0 Å². The number of hydrogen-bond donors (Lipinski definition) is 3. The van der Waals surface area contributed by atoms with E-state index in [1.807, 2.05) is 19.1 Å². The van der Waals surface area contributed by atoms with Gasteiger partial charge in [-0.3, -0.25) is 0 Å². The lowest BCUT2D eigenvalue weighted by Crippen LogP contribution is -2.21. The van der Waals surface area contributed by atoms with Crippen LogP contribution < -0.4 is 9.47 Å². The summed E-state index contributed by atoms with van der Waals surface area (Å²) in [6.07, 6.45) is 0. The minimum absolute atomic E-state index is 0.0598. The summed E-state index contributed by atoms with van der Waals surface area (Å²) in [5.74, 6) is 1.06. The van der Waals surface area contributed by atoms with Crippen molar-refractivity contribution < 1.29 is 24.8 Å². The average Bonchev–Trinajstić information content (AvgIpc) is 2.63. The maximum atomic E-state index is 9.88. The molecule has 5 heteroatoms. The van der Waals surface area contributed by atoms with Crippen LogP contribution in [0.4, 0.5) is 0 Å². The van der Waals surface area contributed by atoms with E-state index in [1.54, 1.807) is 24.3 Å². The zero-order chi connectivity index (χ0) is 18.6. The molecule has 0 saturated heterocycles. The lowest BCUT2D eigenvalue weighted by atomic mass is 9.76. The van der Waals surface area contributed by atoms with E-state index in [2.05, 4.69) is 6.92 Å². The largest absolute Gasteiger partial charge is 0.504 e. The van der Waals surface area contributed by atoms with Gasteiger partial charge in [-0.15, -0.1) is 0 Å². The summed E-state index contributed by atoms with van der Waals surface area (Å²) >= 11 is 0. The predicted molar refractivity (Wildman–Crippen MR) is 96.6 cm³/mol. The number of phenolic OH excluding ortho intramolecular Hbond substituents is 2. The fourth-order valence-electron chi connectivity index (χ4n) is 3.07. The van der Waals surface area contributed by atoms with E-state index in [-0.39, 0.29) is 35.9 Å². The highest BCUT2D eigenvalue weighted by Crippen LogP contribution is 2.41. The van der Waals surface area contributed by atoms with E-state index >= 15 is 0 Å². The van der Waals surface area contributed by atoms with Gasteiger partial charge < -0.3 is 24.8 Å². The molecular weight excluding hydrogens is 320 g/mol. The van der Waals surface area contributed by atoms with Crippen molar-refractivity contribution in [1.29, 1.82) is 0 Å². The summed E-state index contributed by atoms with van der Waals surface area (Å²) in [5.41, 5.74) is 1.91. The Morgan fingerprint density at radius 1 is 0.840 bits per heavy atom. The molecular formula is C20H26O5. The highest BCUT2D eigenvalue weighted by Gasteiger charge is 2.27. The molecule has 0 aromatic heterocycles. The highest BCUT2D eigenvalue weighted by molar-refractivity contribution is 5.49. The molecule has 0 radical (unpaired) electrons. The van der Waals surface area contributed by atoms with Gasteiger partial charge in [-0.05, 0) is 47.2 Å². The number of ether oxygens (including phenoxy) is 2. The summed E-state index contributed by atoms with van der Waals surface area (Å²) in [6.45, 7) is 4.14. The predicted octanol–water partition coefficient (Wildman–Crippen LogP) is 3.51. The van der Waals surface area contributed by atoms with Gasteiger partial charge in [-0.2, -0.15) is 0 Å². The summed E-state index contributed by atoms with van der Waals surface area (Å²) in [6, 6.07) is 10.5. The molecule has 0 heterocycles. The van der Waals surface area contributed by atoms with Gasteiger partial charge in [-0.25, -0.2) is 0 Å². The van der Waals surface area contributed by atoms with Crippen LogP contribution in [0.3, 0.4) is 0 Å². The van der Waals surface area contributed by atoms with E-state index in [9.17, 15) is 15.3 Å². The lowest BCUT2D eigenvalue weighted by Gasteiger charge is -2.29. The minimum atomic E-state index is -0.0638. The Bertz CT molecular complexity index is 660. The van der Waals surface area contributed by atoms with E-state index in [4.69, 9.17) is 9.47 Å². The fraction of sp³-hybridized carbons (Fsp3) is 0.400. The second-order valence-electron chi connectivity index (χ2n) is 6.36. The van der Waals surface area contributed by atoms with Crippen LogP contribution in [0.5, 0.6) is 23.0 Å². The summed E-state index contributed by atoms with van der Waals surface area (Å²) in [4.78, 5) is 0. The molecule has 2 aromatic carbocycles. The van der Waals surface area contributed by atoms with Crippen LogP contribution in [-0.2, 0) is 0 Å². The number of benzene rings is 2. The molecule has 2 atom stereocenters. The Labute approximate surface area is 148 Å². The minimum Gasteiger partial charge on any atom is -0.504 e. The van der Waals surface area contributed by atoms with Crippen LogP contribution in [0, 0.1) is 11.8 Å². The first-order valence-corrected chi connectivity index (χ1v) is 8.27. The molecule has 0 fully saturated rings. The van der Waals surface area contributed by atoms with Gasteiger partial charge in [0.25, 0.3) is 0 Å². The van der Waals surface area contributed by atoms with Crippen molar-refractivity contribution in [1.82, 2.24) is 0 Å². The summed E-state index contributed by atoms with van der Waals surface area (Å²) in [5, 5.41) is 29.4. The van der Waals surface area contributed by atoms with E-state index in [0.29, 0.717) is 11.5 Å². The van der Waals surface area contributed by atoms with Crippen LogP contribution >= 0.6 is 0 Å². The molecule has 2 aromatic rings. The van der Waals surface area contributed by atoms with Crippen LogP contribution in [0.2, 0.25) is 0 Å². The quantitative estimate of drug-likeness (QED) is 0.715. The fourth-order valence-corrected chi connectivity index (χ4v) is 3.07. The Balaban J connectivity index is 2.57. The number of rotatable bonds is 7. The van der Waals surface area contributed by atoms with E-state index < -0.39 is 0 Å². The Kier molecular flexibility index (Phi) is 6.15. The third-order valence-corrected chi connectivity index (χ3v) is 4.84. The number of phenols is 2. The molecule has 3 N–H and O–H groups in total. The molecule has 0 amide bonds. The lowest BCUT2D eigenvalue weighted by molar-refractivity contribution is 0.186. The first-order chi connectivity index (χ1) is 11.9. The number of aliphatic hydroxyl groups excluding tert-OH is 1. The van der Waals surface area contributed by atoms with E-state index in [0.717, 1.165) is 11.1 Å². The van der Waals surface area contributed by atoms with Crippen LogP contribution in [0.1, 0.15) is 30.9 Å². The molecule has 0 aliphatic rings. The summed E-state index contributed by atoms with van der Waals surface area (Å²) in [7, 11) is 3.02.